The van der Waals surface area contributed by atoms with Crippen molar-refractivity contribution in [2.75, 3.05) is 0 Å². The van der Waals surface area contributed by atoms with Crippen molar-refractivity contribution in [2.24, 2.45) is 17.6 Å². The first-order chi connectivity index (χ1) is 8.81. The molecule has 4 N–H and O–H groups in total. The minimum Gasteiger partial charge on any atom is -0.352 e. The summed E-state index contributed by atoms with van der Waals surface area (Å²) in [5.41, 5.74) is 6.00. The number of hydrogen-bond acceptors (Lipinski definition) is 3. The second-order valence-electron chi connectivity index (χ2n) is 6.04. The van der Waals surface area contributed by atoms with Crippen LogP contribution in [0.15, 0.2) is 0 Å². The van der Waals surface area contributed by atoms with E-state index in [4.69, 9.17) is 5.73 Å². The van der Waals surface area contributed by atoms with Gasteiger partial charge >= 0.3 is 0 Å². The summed E-state index contributed by atoms with van der Waals surface area (Å²) in [5.74, 6) is 0.233. The first-order valence-electron chi connectivity index (χ1n) is 7.17. The van der Waals surface area contributed by atoms with E-state index < -0.39 is 6.04 Å². The summed E-state index contributed by atoms with van der Waals surface area (Å²) in [6, 6.07) is -0.328. The summed E-state index contributed by atoms with van der Waals surface area (Å²) >= 11 is 0. The average Bonchev–Trinajstić information content (AvgIpc) is 2.31. The highest BCUT2D eigenvalue weighted by Gasteiger charge is 2.30. The summed E-state index contributed by atoms with van der Waals surface area (Å²) in [6.45, 7) is 7.63. The summed E-state index contributed by atoms with van der Waals surface area (Å²) in [6.07, 6.45) is 2.55. The van der Waals surface area contributed by atoms with Gasteiger partial charge in [0.05, 0.1) is 0 Å². The van der Waals surface area contributed by atoms with Crippen molar-refractivity contribution in [3.8, 4) is 0 Å². The Labute approximate surface area is 115 Å². The van der Waals surface area contributed by atoms with Gasteiger partial charge in [-0.3, -0.25) is 9.59 Å². The van der Waals surface area contributed by atoms with Crippen molar-refractivity contribution in [3.05, 3.63) is 0 Å². The van der Waals surface area contributed by atoms with Crippen LogP contribution in [0.25, 0.3) is 0 Å². The molecule has 110 valence electrons. The lowest BCUT2D eigenvalue weighted by Crippen LogP contribution is -2.50. The van der Waals surface area contributed by atoms with Crippen molar-refractivity contribution < 1.29 is 9.59 Å². The van der Waals surface area contributed by atoms with Gasteiger partial charge in [-0.25, -0.2) is 0 Å². The molecule has 0 aliphatic heterocycles. The number of hydrogen-bond donors (Lipinski definition) is 3. The molecule has 0 spiro atoms. The topological polar surface area (TPSA) is 84.2 Å². The smallest absolute Gasteiger partial charge is 0.242 e. The van der Waals surface area contributed by atoms with Crippen LogP contribution < -0.4 is 16.4 Å². The van der Waals surface area contributed by atoms with Gasteiger partial charge in [-0.2, -0.15) is 0 Å². The van der Waals surface area contributed by atoms with E-state index in [2.05, 4.69) is 17.6 Å². The van der Waals surface area contributed by atoms with Crippen LogP contribution in [-0.2, 0) is 9.59 Å². The molecule has 1 aliphatic carbocycles. The zero-order valence-electron chi connectivity index (χ0n) is 12.4. The first kappa shape index (κ1) is 16.0. The third-order valence-corrected chi connectivity index (χ3v) is 3.81. The monoisotopic (exact) mass is 269 g/mol. The molecule has 0 saturated heterocycles. The summed E-state index contributed by atoms with van der Waals surface area (Å²) < 4.78 is 0. The van der Waals surface area contributed by atoms with Gasteiger partial charge in [0.2, 0.25) is 11.8 Å². The predicted octanol–water partition coefficient (Wildman–Crippen LogP) is 0.779. The number of carbonyl (C=O) groups is 2. The fourth-order valence-electron chi connectivity index (χ4n) is 2.40. The maximum atomic E-state index is 12.1. The van der Waals surface area contributed by atoms with Gasteiger partial charge < -0.3 is 16.4 Å². The standard InChI is InChI=1S/C14H27N3O2/c1-8(2)16-13(18)10(4)17-14(19)11-6-5-9(3)12(15)7-11/h8-12H,5-7,15H2,1-4H3,(H,16,18)(H,17,19). The lowest BCUT2D eigenvalue weighted by atomic mass is 9.79. The molecule has 1 aliphatic rings. The van der Waals surface area contributed by atoms with Crippen LogP contribution >= 0.6 is 0 Å². The molecule has 0 aromatic rings. The fraction of sp³-hybridized carbons (Fsp3) is 0.857. The molecule has 4 atom stereocenters. The quantitative estimate of drug-likeness (QED) is 0.705. The highest BCUT2D eigenvalue weighted by molar-refractivity contribution is 5.88. The molecule has 5 heteroatoms. The molecule has 0 aromatic carbocycles. The predicted molar refractivity (Wildman–Crippen MR) is 75.4 cm³/mol. The molecular weight excluding hydrogens is 242 g/mol. The molecule has 1 rings (SSSR count). The molecule has 0 aromatic heterocycles. The maximum Gasteiger partial charge on any atom is 0.242 e. The van der Waals surface area contributed by atoms with Gasteiger partial charge in [0, 0.05) is 18.0 Å². The second-order valence-corrected chi connectivity index (χ2v) is 6.04. The van der Waals surface area contributed by atoms with Crippen LogP contribution in [-0.4, -0.2) is 29.9 Å². The van der Waals surface area contributed by atoms with Crippen LogP contribution in [0.5, 0.6) is 0 Å². The molecular formula is C14H27N3O2. The van der Waals surface area contributed by atoms with Gasteiger partial charge in [-0.15, -0.1) is 0 Å². The molecule has 0 bridgehead atoms. The minimum absolute atomic E-state index is 0.0474. The van der Waals surface area contributed by atoms with Gasteiger partial charge in [-0.05, 0) is 46.0 Å². The normalized spacial score (nSPS) is 28.8. The van der Waals surface area contributed by atoms with Crippen LogP contribution in [0.3, 0.4) is 0 Å². The zero-order valence-corrected chi connectivity index (χ0v) is 12.4. The lowest BCUT2D eigenvalue weighted by molar-refractivity contribution is -0.131. The molecule has 2 amide bonds. The Morgan fingerprint density at radius 2 is 1.79 bits per heavy atom. The Morgan fingerprint density at radius 1 is 1.16 bits per heavy atom. The van der Waals surface area contributed by atoms with Crippen molar-refractivity contribution in [1.82, 2.24) is 10.6 Å². The SMILES string of the molecule is CC(C)NC(=O)C(C)NC(=O)C1CCC(C)C(N)C1. The third-order valence-electron chi connectivity index (χ3n) is 3.81. The zero-order chi connectivity index (χ0) is 14.6. The Hall–Kier alpha value is -1.10. The number of carbonyl (C=O) groups excluding carboxylic acids is 2. The van der Waals surface area contributed by atoms with Crippen molar-refractivity contribution in [1.29, 1.82) is 0 Å². The highest BCUT2D eigenvalue weighted by atomic mass is 16.2. The Kier molecular flexibility index (Phi) is 5.79. The number of amides is 2. The van der Waals surface area contributed by atoms with E-state index in [1.165, 1.54) is 0 Å². The molecule has 5 nitrogen and oxygen atoms in total. The maximum absolute atomic E-state index is 12.1. The summed E-state index contributed by atoms with van der Waals surface area (Å²) in [5, 5.41) is 5.57. The highest BCUT2D eigenvalue weighted by Crippen LogP contribution is 2.27. The Bertz CT molecular complexity index is 331. The van der Waals surface area contributed by atoms with Crippen LogP contribution in [0.4, 0.5) is 0 Å². The molecule has 1 fully saturated rings. The number of nitrogens with two attached hydrogens (primary N) is 1. The minimum atomic E-state index is -0.495. The van der Waals surface area contributed by atoms with Gasteiger partial charge in [0.15, 0.2) is 0 Å². The molecule has 0 radical (unpaired) electrons. The number of nitrogens with one attached hydrogen (secondary N) is 2. The van der Waals surface area contributed by atoms with Crippen molar-refractivity contribution >= 4 is 11.8 Å². The van der Waals surface area contributed by atoms with Crippen molar-refractivity contribution in [2.45, 2.75) is 65.1 Å². The van der Waals surface area contributed by atoms with Gasteiger partial charge in [0.25, 0.3) is 0 Å². The van der Waals surface area contributed by atoms with E-state index in [1.54, 1.807) is 6.92 Å². The van der Waals surface area contributed by atoms with E-state index in [0.717, 1.165) is 12.8 Å². The van der Waals surface area contributed by atoms with Crippen LogP contribution in [0.2, 0.25) is 0 Å². The molecule has 0 heterocycles. The molecule has 19 heavy (non-hydrogen) atoms. The van der Waals surface area contributed by atoms with Gasteiger partial charge in [0.1, 0.15) is 6.04 Å². The van der Waals surface area contributed by atoms with Crippen LogP contribution in [0.1, 0.15) is 47.0 Å². The summed E-state index contributed by atoms with van der Waals surface area (Å²) in [4.78, 5) is 23.8. The Balaban J connectivity index is 2.44. The van der Waals surface area contributed by atoms with Crippen LogP contribution in [0, 0.1) is 11.8 Å². The number of rotatable bonds is 4. The molecule has 4 unspecified atom stereocenters. The lowest BCUT2D eigenvalue weighted by Gasteiger charge is -2.31. The van der Waals surface area contributed by atoms with E-state index in [9.17, 15) is 9.59 Å². The third kappa shape index (κ3) is 4.82. The average molecular weight is 269 g/mol. The van der Waals surface area contributed by atoms with E-state index in [0.29, 0.717) is 12.3 Å². The van der Waals surface area contributed by atoms with E-state index in [-0.39, 0.29) is 29.8 Å². The second kappa shape index (κ2) is 6.89. The van der Waals surface area contributed by atoms with Gasteiger partial charge in [-0.1, -0.05) is 6.92 Å². The van der Waals surface area contributed by atoms with E-state index >= 15 is 0 Å². The van der Waals surface area contributed by atoms with E-state index in [1.807, 2.05) is 13.8 Å². The fourth-order valence-corrected chi connectivity index (χ4v) is 2.40. The first-order valence-corrected chi connectivity index (χ1v) is 7.17. The summed E-state index contributed by atoms with van der Waals surface area (Å²) in [7, 11) is 0. The van der Waals surface area contributed by atoms with Crippen molar-refractivity contribution in [3.63, 3.8) is 0 Å². The largest absolute Gasteiger partial charge is 0.352 e. The molecule has 1 saturated carbocycles. The Morgan fingerprint density at radius 3 is 2.32 bits per heavy atom.